The molecule has 0 atom stereocenters. The van der Waals surface area contributed by atoms with E-state index >= 15 is 0 Å². The van der Waals surface area contributed by atoms with Gasteiger partial charge in [-0.3, -0.25) is 4.79 Å². The van der Waals surface area contributed by atoms with E-state index in [0.29, 0.717) is 17.7 Å². The van der Waals surface area contributed by atoms with E-state index in [-0.39, 0.29) is 35.3 Å². The second-order valence-electron chi connectivity index (χ2n) is 4.84. The summed E-state index contributed by atoms with van der Waals surface area (Å²) in [5.41, 5.74) is 1.98. The molecular weight excluding hydrogens is 426 g/mol. The van der Waals surface area contributed by atoms with Crippen LogP contribution in [0, 0.1) is 6.92 Å². The molecule has 4 nitrogen and oxygen atoms in total. The fourth-order valence-electron chi connectivity index (χ4n) is 2.04. The van der Waals surface area contributed by atoms with Crippen LogP contribution in [0.5, 0.6) is 0 Å². The SMILES string of the molecule is CCOC(=O)c1cc[n+](CC(=O)c2ccc(Br)cc2)c(C)c1.[Br-]. The first-order chi connectivity index (χ1) is 10.5. The number of ether oxygens (including phenoxy) is 1. The van der Waals surface area contributed by atoms with Crippen molar-refractivity contribution in [3.8, 4) is 0 Å². The van der Waals surface area contributed by atoms with Crippen molar-refractivity contribution in [3.63, 3.8) is 0 Å². The lowest BCUT2D eigenvalue weighted by Gasteiger charge is -2.04. The summed E-state index contributed by atoms with van der Waals surface area (Å²) >= 11 is 3.35. The predicted molar refractivity (Wildman–Crippen MR) is 85.8 cm³/mol. The van der Waals surface area contributed by atoms with Gasteiger partial charge in [-0.2, -0.15) is 4.57 Å². The van der Waals surface area contributed by atoms with E-state index in [0.717, 1.165) is 10.2 Å². The third-order valence-corrected chi connectivity index (χ3v) is 3.77. The van der Waals surface area contributed by atoms with Gasteiger partial charge in [-0.05, 0) is 19.1 Å². The van der Waals surface area contributed by atoms with Crippen molar-refractivity contribution in [1.29, 1.82) is 0 Å². The van der Waals surface area contributed by atoms with E-state index in [4.69, 9.17) is 4.74 Å². The van der Waals surface area contributed by atoms with Gasteiger partial charge in [0.15, 0.2) is 11.9 Å². The van der Waals surface area contributed by atoms with Crippen molar-refractivity contribution in [2.24, 2.45) is 0 Å². The number of hydrogen-bond acceptors (Lipinski definition) is 3. The van der Waals surface area contributed by atoms with Gasteiger partial charge in [0.05, 0.1) is 12.2 Å². The molecule has 1 aromatic heterocycles. The third-order valence-electron chi connectivity index (χ3n) is 3.24. The predicted octanol–water partition coefficient (Wildman–Crippen LogP) is 0.109. The Hall–Kier alpha value is -1.53. The molecule has 2 rings (SSSR count). The second kappa shape index (κ2) is 8.93. The van der Waals surface area contributed by atoms with Gasteiger partial charge in [0, 0.05) is 29.1 Å². The van der Waals surface area contributed by atoms with E-state index in [1.54, 1.807) is 37.4 Å². The first-order valence-corrected chi connectivity index (χ1v) is 7.76. The van der Waals surface area contributed by atoms with Crippen molar-refractivity contribution < 1.29 is 35.9 Å². The van der Waals surface area contributed by atoms with E-state index in [9.17, 15) is 9.59 Å². The maximum atomic E-state index is 12.3. The zero-order valence-electron chi connectivity index (χ0n) is 12.9. The van der Waals surface area contributed by atoms with E-state index in [1.807, 2.05) is 23.6 Å². The quantitative estimate of drug-likeness (QED) is 0.375. The molecule has 23 heavy (non-hydrogen) atoms. The van der Waals surface area contributed by atoms with Crippen LogP contribution in [-0.2, 0) is 11.3 Å². The first-order valence-electron chi connectivity index (χ1n) is 6.97. The smallest absolute Gasteiger partial charge is 0.338 e. The molecule has 0 saturated heterocycles. The molecule has 0 aliphatic rings. The molecule has 0 bridgehead atoms. The molecule has 0 radical (unpaired) electrons. The number of halogens is 2. The highest BCUT2D eigenvalue weighted by Gasteiger charge is 2.17. The highest BCUT2D eigenvalue weighted by atomic mass is 79.9. The highest BCUT2D eigenvalue weighted by molar-refractivity contribution is 9.10. The molecule has 0 spiro atoms. The van der Waals surface area contributed by atoms with Crippen LogP contribution in [-0.4, -0.2) is 18.4 Å². The van der Waals surface area contributed by atoms with Crippen molar-refractivity contribution in [2.75, 3.05) is 6.61 Å². The fraction of sp³-hybridized carbons (Fsp3) is 0.235. The molecule has 6 heteroatoms. The number of pyridine rings is 1. The number of nitrogens with zero attached hydrogens (tertiary/aromatic N) is 1. The van der Waals surface area contributed by atoms with Crippen LogP contribution < -0.4 is 21.5 Å². The number of esters is 1. The minimum Gasteiger partial charge on any atom is -1.00 e. The third kappa shape index (κ3) is 5.25. The lowest BCUT2D eigenvalue weighted by Crippen LogP contribution is -3.00. The Morgan fingerprint density at radius 1 is 1.13 bits per heavy atom. The summed E-state index contributed by atoms with van der Waals surface area (Å²) in [7, 11) is 0. The summed E-state index contributed by atoms with van der Waals surface area (Å²) in [5, 5.41) is 0. The van der Waals surface area contributed by atoms with Crippen molar-refractivity contribution >= 4 is 27.7 Å². The van der Waals surface area contributed by atoms with Gasteiger partial charge in [-0.15, -0.1) is 0 Å². The van der Waals surface area contributed by atoms with Crippen LogP contribution in [0.3, 0.4) is 0 Å². The standard InChI is InChI=1S/C17H17BrNO3.BrH/c1-3-22-17(21)14-8-9-19(12(2)10-14)11-16(20)13-4-6-15(18)7-5-13;/h4-10H,3,11H2,1-2H3;1H/q+1;/p-1. The highest BCUT2D eigenvalue weighted by Crippen LogP contribution is 2.11. The van der Waals surface area contributed by atoms with Gasteiger partial charge in [-0.1, -0.05) is 28.1 Å². The zero-order chi connectivity index (χ0) is 16.1. The average molecular weight is 443 g/mol. The topological polar surface area (TPSA) is 47.2 Å². The molecule has 0 saturated carbocycles. The maximum Gasteiger partial charge on any atom is 0.338 e. The van der Waals surface area contributed by atoms with Gasteiger partial charge in [0.2, 0.25) is 12.3 Å². The zero-order valence-corrected chi connectivity index (χ0v) is 16.1. The van der Waals surface area contributed by atoms with Gasteiger partial charge < -0.3 is 21.7 Å². The van der Waals surface area contributed by atoms with Crippen LogP contribution in [0.25, 0.3) is 0 Å². The average Bonchev–Trinajstić information content (AvgIpc) is 2.50. The molecule has 0 fully saturated rings. The lowest BCUT2D eigenvalue weighted by atomic mass is 10.1. The number of hydrogen-bond donors (Lipinski definition) is 0. The second-order valence-corrected chi connectivity index (χ2v) is 5.75. The van der Waals surface area contributed by atoms with E-state index in [2.05, 4.69) is 15.9 Å². The fourth-order valence-corrected chi connectivity index (χ4v) is 2.31. The Morgan fingerprint density at radius 3 is 2.35 bits per heavy atom. The van der Waals surface area contributed by atoms with Gasteiger partial charge >= 0.3 is 5.97 Å². The molecular formula is C17H17Br2NO3. The minimum atomic E-state index is -0.350. The van der Waals surface area contributed by atoms with Crippen molar-refractivity contribution in [2.45, 2.75) is 20.4 Å². The molecule has 0 amide bonds. The summed E-state index contributed by atoms with van der Waals surface area (Å²) in [6.07, 6.45) is 1.73. The number of carbonyl (C=O) groups is 2. The molecule has 0 aliphatic carbocycles. The van der Waals surface area contributed by atoms with E-state index < -0.39 is 0 Å². The van der Waals surface area contributed by atoms with Crippen LogP contribution in [0.1, 0.15) is 33.3 Å². The van der Waals surface area contributed by atoms with Crippen molar-refractivity contribution in [3.05, 3.63) is 63.9 Å². The van der Waals surface area contributed by atoms with Gasteiger partial charge in [-0.25, -0.2) is 4.79 Å². The normalized spacial score (nSPS) is 9.87. The summed E-state index contributed by atoms with van der Waals surface area (Å²) in [4.78, 5) is 24.0. The molecule has 1 aromatic carbocycles. The van der Waals surface area contributed by atoms with Crippen LogP contribution in [0.2, 0.25) is 0 Å². The number of benzene rings is 1. The minimum absolute atomic E-state index is 0. The van der Waals surface area contributed by atoms with E-state index in [1.165, 1.54) is 0 Å². The van der Waals surface area contributed by atoms with Crippen LogP contribution >= 0.6 is 15.9 Å². The maximum absolute atomic E-state index is 12.3. The summed E-state index contributed by atoms with van der Waals surface area (Å²) in [6, 6.07) is 10.7. The van der Waals surface area contributed by atoms with Gasteiger partial charge in [0.1, 0.15) is 0 Å². The molecule has 0 aliphatic heterocycles. The Bertz CT molecular complexity index is 699. The lowest BCUT2D eigenvalue weighted by molar-refractivity contribution is -0.689. The number of carbonyl (C=O) groups excluding carboxylic acids is 2. The molecule has 1 heterocycles. The van der Waals surface area contributed by atoms with Crippen molar-refractivity contribution in [1.82, 2.24) is 0 Å². The number of aryl methyl sites for hydroxylation is 1. The van der Waals surface area contributed by atoms with Gasteiger partial charge in [0.25, 0.3) is 0 Å². The van der Waals surface area contributed by atoms with Crippen LogP contribution in [0.4, 0.5) is 0 Å². The number of rotatable bonds is 5. The Labute approximate surface area is 154 Å². The first kappa shape index (κ1) is 19.5. The molecule has 0 unspecified atom stereocenters. The Balaban J connectivity index is 0.00000264. The number of aromatic nitrogens is 1. The summed E-state index contributed by atoms with van der Waals surface area (Å²) < 4.78 is 7.71. The number of Topliss-reactive ketones (excluding diaryl/α,β-unsaturated/α-hetero) is 1. The molecule has 2 aromatic rings. The molecule has 0 N–H and O–H groups in total. The Morgan fingerprint density at radius 2 is 1.78 bits per heavy atom. The number of ketones is 1. The summed E-state index contributed by atoms with van der Waals surface area (Å²) in [5.74, 6) is -0.332. The Kier molecular flexibility index (Phi) is 7.58. The molecule has 122 valence electrons. The summed E-state index contributed by atoms with van der Waals surface area (Å²) in [6.45, 7) is 4.20. The van der Waals surface area contributed by atoms with Crippen LogP contribution in [0.15, 0.2) is 47.1 Å². The monoisotopic (exact) mass is 441 g/mol. The largest absolute Gasteiger partial charge is 1.00 e.